The molecule has 0 bridgehead atoms. The summed E-state index contributed by atoms with van der Waals surface area (Å²) < 4.78 is 0. The number of hydrogen-bond donors (Lipinski definition) is 3. The van der Waals surface area contributed by atoms with Gasteiger partial charge in [0.15, 0.2) is 0 Å². The average Bonchev–Trinajstić information content (AvgIpc) is 3.45. The van der Waals surface area contributed by atoms with Crippen LogP contribution < -0.4 is 16.0 Å². The van der Waals surface area contributed by atoms with Crippen LogP contribution >= 0.6 is 0 Å². The molecular weight excluding hydrogens is 314 g/mol. The number of fused-ring (bicyclic) bond motifs is 1. The van der Waals surface area contributed by atoms with Gasteiger partial charge in [0.2, 0.25) is 0 Å². The molecular formula is C20H21N3O2. The second kappa shape index (κ2) is 6.59. The van der Waals surface area contributed by atoms with Gasteiger partial charge in [0, 0.05) is 35.1 Å². The molecule has 1 heterocycles. The highest BCUT2D eigenvalue weighted by molar-refractivity contribution is 6.06. The van der Waals surface area contributed by atoms with Crippen molar-refractivity contribution in [3.8, 4) is 0 Å². The molecule has 1 saturated carbocycles. The standard InChI is InChI=1S/C20H21N3O2/c24-19(22-15-10-11-15)13-6-8-14(9-7-13)23-20(25)17-3-1-5-18-16(17)4-2-12-21-18/h1,3,5-9,15,21H,2,4,10-12H2,(H,22,24)(H,23,25). The summed E-state index contributed by atoms with van der Waals surface area (Å²) in [7, 11) is 0. The highest BCUT2D eigenvalue weighted by Gasteiger charge is 2.23. The van der Waals surface area contributed by atoms with E-state index < -0.39 is 0 Å². The smallest absolute Gasteiger partial charge is 0.256 e. The molecule has 4 rings (SSSR count). The molecule has 2 amide bonds. The third kappa shape index (κ3) is 3.50. The van der Waals surface area contributed by atoms with E-state index in [-0.39, 0.29) is 11.8 Å². The van der Waals surface area contributed by atoms with Crippen molar-refractivity contribution in [3.05, 3.63) is 59.2 Å². The van der Waals surface area contributed by atoms with Crippen LogP contribution in [0.4, 0.5) is 11.4 Å². The van der Waals surface area contributed by atoms with Crippen LogP contribution in [0.25, 0.3) is 0 Å². The molecule has 128 valence electrons. The molecule has 0 radical (unpaired) electrons. The van der Waals surface area contributed by atoms with Crippen molar-refractivity contribution >= 4 is 23.2 Å². The first-order chi connectivity index (χ1) is 12.2. The first-order valence-electron chi connectivity index (χ1n) is 8.79. The largest absolute Gasteiger partial charge is 0.385 e. The maximum absolute atomic E-state index is 12.6. The quantitative estimate of drug-likeness (QED) is 0.804. The highest BCUT2D eigenvalue weighted by Crippen LogP contribution is 2.26. The van der Waals surface area contributed by atoms with E-state index in [1.54, 1.807) is 24.3 Å². The van der Waals surface area contributed by atoms with Gasteiger partial charge in [0.25, 0.3) is 11.8 Å². The van der Waals surface area contributed by atoms with Crippen LogP contribution in [0.5, 0.6) is 0 Å². The summed E-state index contributed by atoms with van der Waals surface area (Å²) in [6, 6.07) is 13.1. The molecule has 2 aliphatic rings. The van der Waals surface area contributed by atoms with E-state index in [2.05, 4.69) is 16.0 Å². The normalized spacial score (nSPS) is 15.7. The lowest BCUT2D eigenvalue weighted by Gasteiger charge is -2.20. The van der Waals surface area contributed by atoms with Gasteiger partial charge in [-0.3, -0.25) is 9.59 Å². The minimum absolute atomic E-state index is 0.0522. The second-order valence-corrected chi connectivity index (χ2v) is 6.64. The SMILES string of the molecule is O=C(NC1CC1)c1ccc(NC(=O)c2cccc3c2CCCN3)cc1. The van der Waals surface area contributed by atoms with Gasteiger partial charge in [-0.15, -0.1) is 0 Å². The summed E-state index contributed by atoms with van der Waals surface area (Å²) in [4.78, 5) is 24.6. The first kappa shape index (κ1) is 15.7. The zero-order chi connectivity index (χ0) is 17.2. The van der Waals surface area contributed by atoms with Crippen LogP contribution in [-0.4, -0.2) is 24.4 Å². The fraction of sp³-hybridized carbons (Fsp3) is 0.300. The lowest BCUT2D eigenvalue weighted by molar-refractivity contribution is 0.0950. The number of benzene rings is 2. The van der Waals surface area contributed by atoms with Gasteiger partial charge in [-0.1, -0.05) is 6.07 Å². The van der Waals surface area contributed by atoms with Crippen molar-refractivity contribution in [2.45, 2.75) is 31.7 Å². The minimum Gasteiger partial charge on any atom is -0.385 e. The number of rotatable bonds is 4. The summed E-state index contributed by atoms with van der Waals surface area (Å²) in [6.07, 6.45) is 4.07. The Morgan fingerprint density at radius 3 is 2.56 bits per heavy atom. The van der Waals surface area contributed by atoms with Gasteiger partial charge >= 0.3 is 0 Å². The molecule has 1 aliphatic carbocycles. The molecule has 0 atom stereocenters. The molecule has 0 aromatic heterocycles. The summed E-state index contributed by atoms with van der Waals surface area (Å²) in [6.45, 7) is 0.947. The summed E-state index contributed by atoms with van der Waals surface area (Å²) >= 11 is 0. The summed E-state index contributed by atoms with van der Waals surface area (Å²) in [5, 5.41) is 9.22. The van der Waals surface area contributed by atoms with Crippen molar-refractivity contribution < 1.29 is 9.59 Å². The zero-order valence-corrected chi connectivity index (χ0v) is 14.0. The summed E-state index contributed by atoms with van der Waals surface area (Å²) in [5.41, 5.74) is 4.14. The summed E-state index contributed by atoms with van der Waals surface area (Å²) in [5.74, 6) is -0.167. The van der Waals surface area contributed by atoms with Gasteiger partial charge < -0.3 is 16.0 Å². The van der Waals surface area contributed by atoms with Crippen LogP contribution in [0.3, 0.4) is 0 Å². The van der Waals surface area contributed by atoms with Crippen LogP contribution in [0.15, 0.2) is 42.5 Å². The molecule has 2 aromatic rings. The Balaban J connectivity index is 1.46. The molecule has 0 unspecified atom stereocenters. The van der Waals surface area contributed by atoms with Gasteiger partial charge in [-0.05, 0) is 67.6 Å². The van der Waals surface area contributed by atoms with E-state index in [0.717, 1.165) is 43.5 Å². The fourth-order valence-corrected chi connectivity index (χ4v) is 3.12. The van der Waals surface area contributed by atoms with E-state index >= 15 is 0 Å². The zero-order valence-electron chi connectivity index (χ0n) is 14.0. The van der Waals surface area contributed by atoms with Crippen LogP contribution in [0.2, 0.25) is 0 Å². The minimum atomic E-state index is -0.115. The molecule has 5 nitrogen and oxygen atoms in total. The van der Waals surface area contributed by atoms with E-state index in [4.69, 9.17) is 0 Å². The van der Waals surface area contributed by atoms with Gasteiger partial charge in [-0.25, -0.2) is 0 Å². The molecule has 1 fully saturated rings. The molecule has 1 aliphatic heterocycles. The number of nitrogens with one attached hydrogen (secondary N) is 3. The van der Waals surface area contributed by atoms with Crippen molar-refractivity contribution in [1.82, 2.24) is 5.32 Å². The number of hydrogen-bond acceptors (Lipinski definition) is 3. The third-order valence-electron chi connectivity index (χ3n) is 4.66. The van der Waals surface area contributed by atoms with Gasteiger partial charge in [0.1, 0.15) is 0 Å². The van der Waals surface area contributed by atoms with E-state index in [1.807, 2.05) is 18.2 Å². The lowest BCUT2D eigenvalue weighted by Crippen LogP contribution is -2.25. The predicted molar refractivity (Wildman–Crippen MR) is 98.1 cm³/mol. The number of carbonyl (C=O) groups is 2. The predicted octanol–water partition coefficient (Wildman–Crippen LogP) is 3.19. The van der Waals surface area contributed by atoms with E-state index in [0.29, 0.717) is 22.9 Å². The Morgan fingerprint density at radius 1 is 1.00 bits per heavy atom. The molecule has 5 heteroatoms. The van der Waals surface area contributed by atoms with Gasteiger partial charge in [-0.2, -0.15) is 0 Å². The Hall–Kier alpha value is -2.82. The first-order valence-corrected chi connectivity index (χ1v) is 8.79. The molecule has 0 spiro atoms. The molecule has 2 aromatic carbocycles. The van der Waals surface area contributed by atoms with Gasteiger partial charge in [0.05, 0.1) is 0 Å². The van der Waals surface area contributed by atoms with E-state index in [1.165, 1.54) is 0 Å². The van der Waals surface area contributed by atoms with E-state index in [9.17, 15) is 9.59 Å². The fourth-order valence-electron chi connectivity index (χ4n) is 3.12. The van der Waals surface area contributed by atoms with Crippen molar-refractivity contribution in [3.63, 3.8) is 0 Å². The maximum atomic E-state index is 12.6. The Bertz CT molecular complexity index is 810. The highest BCUT2D eigenvalue weighted by atomic mass is 16.2. The van der Waals surface area contributed by atoms with Crippen molar-refractivity contribution in [2.24, 2.45) is 0 Å². The molecule has 25 heavy (non-hydrogen) atoms. The lowest BCUT2D eigenvalue weighted by atomic mass is 9.97. The van der Waals surface area contributed by atoms with Crippen LogP contribution in [-0.2, 0) is 6.42 Å². The number of carbonyl (C=O) groups excluding carboxylic acids is 2. The van der Waals surface area contributed by atoms with Crippen molar-refractivity contribution in [2.75, 3.05) is 17.2 Å². The monoisotopic (exact) mass is 335 g/mol. The number of amides is 2. The Labute approximate surface area is 146 Å². The van der Waals surface area contributed by atoms with Crippen molar-refractivity contribution in [1.29, 1.82) is 0 Å². The molecule has 3 N–H and O–H groups in total. The Kier molecular flexibility index (Phi) is 4.14. The van der Waals surface area contributed by atoms with Crippen LogP contribution in [0, 0.1) is 0 Å². The number of anilines is 2. The average molecular weight is 335 g/mol. The topological polar surface area (TPSA) is 70.2 Å². The third-order valence-corrected chi connectivity index (χ3v) is 4.66. The molecule has 0 saturated heterocycles. The Morgan fingerprint density at radius 2 is 1.80 bits per heavy atom. The van der Waals surface area contributed by atoms with Crippen LogP contribution in [0.1, 0.15) is 45.5 Å². The second-order valence-electron chi connectivity index (χ2n) is 6.64. The maximum Gasteiger partial charge on any atom is 0.256 e.